The molecule has 6 N–H and O–H groups in total. The Labute approximate surface area is 314 Å². The van der Waals surface area contributed by atoms with E-state index in [1.807, 2.05) is 24.3 Å². The van der Waals surface area contributed by atoms with Gasteiger partial charge in [-0.05, 0) is 87.0 Å². The fourth-order valence-corrected chi connectivity index (χ4v) is 5.18. The SMILES string of the molecule is Cl.Cl.Cl.Cl.O.c1cnc(NCCCNC[C@H]2CCc3ccccc3O2)nc1.c1cnc(NCCCNC[C@H]2CCc3ccccc3O2)nc1. The predicted molar refractivity (Wildman–Crippen MR) is 207 cm³/mol. The Bertz CT molecular complexity index is 1280. The molecule has 0 aliphatic carbocycles. The average Bonchev–Trinajstić information content (AvgIpc) is 3.09. The number of rotatable bonds is 14. The normalized spacial score (nSPS) is 14.9. The molecule has 0 spiro atoms. The maximum Gasteiger partial charge on any atom is 0.222 e. The van der Waals surface area contributed by atoms with Crippen LogP contribution in [0.3, 0.4) is 0 Å². The summed E-state index contributed by atoms with van der Waals surface area (Å²) in [4.78, 5) is 16.5. The fraction of sp³-hybridized carbons (Fsp3) is 0.412. The lowest BCUT2D eigenvalue weighted by molar-refractivity contribution is 0.170. The summed E-state index contributed by atoms with van der Waals surface area (Å²) < 4.78 is 12.0. The average molecular weight is 761 g/mol. The van der Waals surface area contributed by atoms with Crippen molar-refractivity contribution in [2.24, 2.45) is 0 Å². The number of fused-ring (bicyclic) bond motifs is 2. The van der Waals surface area contributed by atoms with E-state index < -0.39 is 0 Å². The van der Waals surface area contributed by atoms with Crippen LogP contribution in [0.25, 0.3) is 0 Å². The number of para-hydroxylation sites is 2. The van der Waals surface area contributed by atoms with Gasteiger partial charge in [0.25, 0.3) is 0 Å². The zero-order chi connectivity index (χ0) is 30.1. The molecule has 0 bridgehead atoms. The highest BCUT2D eigenvalue weighted by molar-refractivity contribution is 5.86. The topological polar surface area (TPSA) is 150 Å². The molecule has 6 rings (SSSR count). The number of aromatic nitrogens is 4. The molecule has 2 aliphatic rings. The number of nitrogens with zero attached hydrogens (tertiary/aromatic N) is 4. The summed E-state index contributed by atoms with van der Waals surface area (Å²) in [6.07, 6.45) is 14.0. The molecule has 15 heteroatoms. The van der Waals surface area contributed by atoms with Crippen LogP contribution in [0.2, 0.25) is 0 Å². The molecule has 0 amide bonds. The second-order valence-electron chi connectivity index (χ2n) is 10.9. The van der Waals surface area contributed by atoms with E-state index in [9.17, 15) is 0 Å². The van der Waals surface area contributed by atoms with Gasteiger partial charge in [0.2, 0.25) is 11.9 Å². The third-order valence-electron chi connectivity index (χ3n) is 7.51. The van der Waals surface area contributed by atoms with Crippen molar-refractivity contribution in [2.75, 3.05) is 49.9 Å². The molecule has 11 nitrogen and oxygen atoms in total. The number of hydrogen-bond donors (Lipinski definition) is 4. The third-order valence-corrected chi connectivity index (χ3v) is 7.51. The first kappa shape index (κ1) is 45.8. The van der Waals surface area contributed by atoms with Crippen molar-refractivity contribution in [3.63, 3.8) is 0 Å². The van der Waals surface area contributed by atoms with Crippen LogP contribution < -0.4 is 30.7 Å². The van der Waals surface area contributed by atoms with Crippen molar-refractivity contribution in [1.82, 2.24) is 30.6 Å². The third kappa shape index (κ3) is 16.4. The molecule has 0 fully saturated rings. The zero-order valence-corrected chi connectivity index (χ0v) is 30.7. The zero-order valence-electron chi connectivity index (χ0n) is 27.5. The molecule has 4 heterocycles. The van der Waals surface area contributed by atoms with Crippen molar-refractivity contribution >= 4 is 61.5 Å². The van der Waals surface area contributed by atoms with Gasteiger partial charge in [-0.25, -0.2) is 19.9 Å². The highest BCUT2D eigenvalue weighted by Crippen LogP contribution is 2.27. The number of nitrogens with one attached hydrogen (secondary N) is 4. The molecule has 0 saturated heterocycles. The molecule has 49 heavy (non-hydrogen) atoms. The first-order valence-electron chi connectivity index (χ1n) is 15.8. The van der Waals surface area contributed by atoms with Gasteiger partial charge < -0.3 is 36.2 Å². The van der Waals surface area contributed by atoms with Crippen LogP contribution in [-0.2, 0) is 12.8 Å². The minimum Gasteiger partial charge on any atom is -0.489 e. The maximum atomic E-state index is 6.01. The van der Waals surface area contributed by atoms with Crippen LogP contribution in [0.1, 0.15) is 36.8 Å². The second kappa shape index (κ2) is 26.7. The summed E-state index contributed by atoms with van der Waals surface area (Å²) in [5.74, 6) is 3.47. The number of ether oxygens (including phenoxy) is 2. The fourth-order valence-electron chi connectivity index (χ4n) is 5.18. The Balaban J connectivity index is 0.000000853. The first-order valence-corrected chi connectivity index (χ1v) is 15.8. The van der Waals surface area contributed by atoms with E-state index in [2.05, 4.69) is 77.6 Å². The van der Waals surface area contributed by atoms with E-state index in [0.717, 1.165) is 89.3 Å². The summed E-state index contributed by atoms with van der Waals surface area (Å²) in [5, 5.41) is 13.3. The Morgan fingerprint density at radius 3 is 1.33 bits per heavy atom. The van der Waals surface area contributed by atoms with E-state index >= 15 is 0 Å². The first-order chi connectivity index (χ1) is 21.8. The molecular formula is C34H50Cl4N8O3. The van der Waals surface area contributed by atoms with Gasteiger partial charge in [0.15, 0.2) is 0 Å². The van der Waals surface area contributed by atoms with Crippen molar-refractivity contribution < 1.29 is 14.9 Å². The van der Waals surface area contributed by atoms with E-state index in [0.29, 0.717) is 11.9 Å². The van der Waals surface area contributed by atoms with Crippen molar-refractivity contribution in [3.8, 4) is 11.5 Å². The highest BCUT2D eigenvalue weighted by Gasteiger charge is 2.19. The molecule has 0 radical (unpaired) electrons. The van der Waals surface area contributed by atoms with Gasteiger partial charge in [0.1, 0.15) is 23.7 Å². The summed E-state index contributed by atoms with van der Waals surface area (Å²) in [5.41, 5.74) is 2.65. The van der Waals surface area contributed by atoms with Crippen LogP contribution in [-0.4, -0.2) is 76.9 Å². The van der Waals surface area contributed by atoms with E-state index in [4.69, 9.17) is 9.47 Å². The molecule has 4 aromatic rings. The van der Waals surface area contributed by atoms with Gasteiger partial charge in [0, 0.05) is 51.0 Å². The molecule has 2 atom stereocenters. The van der Waals surface area contributed by atoms with Gasteiger partial charge in [-0.1, -0.05) is 36.4 Å². The van der Waals surface area contributed by atoms with Gasteiger partial charge in [0.05, 0.1) is 0 Å². The van der Waals surface area contributed by atoms with E-state index in [1.54, 1.807) is 24.8 Å². The smallest absolute Gasteiger partial charge is 0.222 e. The van der Waals surface area contributed by atoms with Crippen LogP contribution in [0.15, 0.2) is 85.5 Å². The molecule has 272 valence electrons. The van der Waals surface area contributed by atoms with Gasteiger partial charge in [-0.3, -0.25) is 0 Å². The number of anilines is 2. The maximum absolute atomic E-state index is 6.01. The largest absolute Gasteiger partial charge is 0.489 e. The van der Waals surface area contributed by atoms with Gasteiger partial charge in [-0.15, -0.1) is 49.6 Å². The number of halogens is 4. The summed E-state index contributed by atoms with van der Waals surface area (Å²) in [6.45, 7) is 5.45. The Morgan fingerprint density at radius 2 is 0.918 bits per heavy atom. The van der Waals surface area contributed by atoms with Crippen LogP contribution in [0.5, 0.6) is 11.5 Å². The number of hydrogen-bond acceptors (Lipinski definition) is 10. The molecule has 0 saturated carbocycles. The minimum absolute atomic E-state index is 0. The van der Waals surface area contributed by atoms with Gasteiger partial charge >= 0.3 is 0 Å². The molecule has 2 aliphatic heterocycles. The Kier molecular flexibility index (Phi) is 25.0. The standard InChI is InChI=1S/2C17H22N4O.4ClH.H2O/c2*1-2-6-16-14(5-1)7-8-15(22-16)13-18-9-3-10-19-17-20-11-4-12-21-17;;;;;/h2*1-2,4-6,11-12,15,18H,3,7-10,13H2,(H,19,20,21);4*1H;1H2/t2*15-;;;;;/m11...../s1. The van der Waals surface area contributed by atoms with Crippen LogP contribution >= 0.6 is 49.6 Å². The monoisotopic (exact) mass is 758 g/mol. The minimum atomic E-state index is 0. The molecule has 0 unspecified atom stereocenters. The summed E-state index contributed by atoms with van der Waals surface area (Å²) >= 11 is 0. The highest BCUT2D eigenvalue weighted by atomic mass is 35.5. The lowest BCUT2D eigenvalue weighted by Crippen LogP contribution is -2.35. The Hall–Kier alpha value is -3.16. The Morgan fingerprint density at radius 1 is 0.531 bits per heavy atom. The van der Waals surface area contributed by atoms with E-state index in [1.165, 1.54) is 11.1 Å². The van der Waals surface area contributed by atoms with Crippen molar-refractivity contribution in [3.05, 3.63) is 96.6 Å². The van der Waals surface area contributed by atoms with Crippen molar-refractivity contribution in [1.29, 1.82) is 0 Å². The lowest BCUT2D eigenvalue weighted by Gasteiger charge is -2.26. The number of aryl methyl sites for hydroxylation is 2. The summed E-state index contributed by atoms with van der Waals surface area (Å²) in [6, 6.07) is 20.3. The quantitative estimate of drug-likeness (QED) is 0.123. The second-order valence-corrected chi connectivity index (χ2v) is 10.9. The van der Waals surface area contributed by atoms with E-state index in [-0.39, 0.29) is 67.3 Å². The summed E-state index contributed by atoms with van der Waals surface area (Å²) in [7, 11) is 0. The van der Waals surface area contributed by atoms with Crippen LogP contribution in [0.4, 0.5) is 11.9 Å². The van der Waals surface area contributed by atoms with Crippen LogP contribution in [0, 0.1) is 0 Å². The number of benzene rings is 2. The lowest BCUT2D eigenvalue weighted by atomic mass is 10.0. The predicted octanol–water partition coefficient (Wildman–Crippen LogP) is 5.39. The van der Waals surface area contributed by atoms with Crippen molar-refractivity contribution in [2.45, 2.75) is 50.7 Å². The van der Waals surface area contributed by atoms with Gasteiger partial charge in [-0.2, -0.15) is 0 Å². The molecular weight excluding hydrogens is 710 g/mol. The molecule has 2 aromatic carbocycles. The molecule has 2 aromatic heterocycles.